The molecule has 3 aliphatic rings. The second kappa shape index (κ2) is 5.29. The SMILES string of the molecule is Nc1ccc(CN(C2CC2)C2CCOC3(CCC3)C2)cc1. The minimum atomic E-state index is 0.247. The Bertz CT molecular complexity index is 490. The molecule has 2 saturated carbocycles. The van der Waals surface area contributed by atoms with Gasteiger partial charge in [0.2, 0.25) is 0 Å². The first-order chi connectivity index (χ1) is 10.2. The lowest BCUT2D eigenvalue weighted by atomic mass is 9.73. The van der Waals surface area contributed by atoms with Gasteiger partial charge in [-0.1, -0.05) is 12.1 Å². The first-order valence-corrected chi connectivity index (χ1v) is 8.48. The zero-order chi connectivity index (χ0) is 14.3. The van der Waals surface area contributed by atoms with E-state index in [1.54, 1.807) is 0 Å². The van der Waals surface area contributed by atoms with E-state index in [9.17, 15) is 0 Å². The van der Waals surface area contributed by atoms with Gasteiger partial charge in [-0.15, -0.1) is 0 Å². The molecule has 3 heteroatoms. The normalized spacial score (nSPS) is 27.8. The smallest absolute Gasteiger partial charge is 0.0697 e. The summed E-state index contributed by atoms with van der Waals surface area (Å²) in [7, 11) is 0. The van der Waals surface area contributed by atoms with Gasteiger partial charge in [-0.05, 0) is 62.6 Å². The largest absolute Gasteiger partial charge is 0.399 e. The molecule has 0 radical (unpaired) electrons. The Morgan fingerprint density at radius 3 is 2.48 bits per heavy atom. The fourth-order valence-corrected chi connectivity index (χ4v) is 4.00. The molecule has 0 aromatic heterocycles. The lowest BCUT2D eigenvalue weighted by Gasteiger charge is -2.49. The number of rotatable bonds is 4. The van der Waals surface area contributed by atoms with Gasteiger partial charge in [0.15, 0.2) is 0 Å². The number of ether oxygens (including phenoxy) is 1. The molecule has 1 spiro atoms. The molecule has 2 N–H and O–H groups in total. The number of hydrogen-bond acceptors (Lipinski definition) is 3. The van der Waals surface area contributed by atoms with Crippen LogP contribution in [0, 0.1) is 0 Å². The molecular formula is C18H26N2O. The van der Waals surface area contributed by atoms with Crippen LogP contribution in [0.15, 0.2) is 24.3 Å². The summed E-state index contributed by atoms with van der Waals surface area (Å²) in [5, 5.41) is 0. The zero-order valence-corrected chi connectivity index (χ0v) is 12.8. The molecule has 0 bridgehead atoms. The van der Waals surface area contributed by atoms with Crippen molar-refractivity contribution in [3.8, 4) is 0 Å². The third kappa shape index (κ3) is 2.82. The van der Waals surface area contributed by atoms with Crippen molar-refractivity contribution in [2.24, 2.45) is 0 Å². The molecular weight excluding hydrogens is 260 g/mol. The summed E-state index contributed by atoms with van der Waals surface area (Å²) in [6.07, 6.45) is 9.12. The molecule has 1 unspecified atom stereocenters. The minimum absolute atomic E-state index is 0.247. The van der Waals surface area contributed by atoms with Crippen LogP contribution in [0.5, 0.6) is 0 Å². The fourth-order valence-electron chi connectivity index (χ4n) is 4.00. The maximum atomic E-state index is 6.10. The number of nitrogens with two attached hydrogens (primary N) is 1. The van der Waals surface area contributed by atoms with E-state index < -0.39 is 0 Å². The van der Waals surface area contributed by atoms with Crippen molar-refractivity contribution in [2.75, 3.05) is 12.3 Å². The zero-order valence-electron chi connectivity index (χ0n) is 12.8. The van der Waals surface area contributed by atoms with E-state index in [4.69, 9.17) is 10.5 Å². The number of anilines is 1. The highest BCUT2D eigenvalue weighted by Gasteiger charge is 2.45. The molecule has 1 atom stereocenters. The van der Waals surface area contributed by atoms with Crippen LogP contribution < -0.4 is 5.73 Å². The Hall–Kier alpha value is -1.06. The van der Waals surface area contributed by atoms with Crippen molar-refractivity contribution < 1.29 is 4.74 Å². The summed E-state index contributed by atoms with van der Waals surface area (Å²) >= 11 is 0. The van der Waals surface area contributed by atoms with Gasteiger partial charge in [0.05, 0.1) is 5.60 Å². The van der Waals surface area contributed by atoms with Crippen LogP contribution in [0.1, 0.15) is 50.5 Å². The highest BCUT2D eigenvalue weighted by molar-refractivity contribution is 5.39. The Morgan fingerprint density at radius 2 is 1.86 bits per heavy atom. The molecule has 1 aromatic carbocycles. The minimum Gasteiger partial charge on any atom is -0.399 e. The highest BCUT2D eigenvalue weighted by atomic mass is 16.5. The van der Waals surface area contributed by atoms with Crippen LogP contribution in [0.2, 0.25) is 0 Å². The summed E-state index contributed by atoms with van der Waals surface area (Å²) in [4.78, 5) is 2.76. The van der Waals surface area contributed by atoms with Gasteiger partial charge in [-0.3, -0.25) is 4.90 Å². The van der Waals surface area contributed by atoms with Gasteiger partial charge < -0.3 is 10.5 Å². The predicted molar refractivity (Wildman–Crippen MR) is 85.0 cm³/mol. The van der Waals surface area contributed by atoms with Crippen LogP contribution in [0.25, 0.3) is 0 Å². The van der Waals surface area contributed by atoms with Gasteiger partial charge in [0.25, 0.3) is 0 Å². The van der Waals surface area contributed by atoms with E-state index in [0.29, 0.717) is 6.04 Å². The van der Waals surface area contributed by atoms with Crippen molar-refractivity contribution in [1.29, 1.82) is 0 Å². The fraction of sp³-hybridized carbons (Fsp3) is 0.667. The summed E-state index contributed by atoms with van der Waals surface area (Å²) in [6.45, 7) is 2.03. The molecule has 2 aliphatic carbocycles. The Balaban J connectivity index is 1.47. The maximum absolute atomic E-state index is 6.10. The maximum Gasteiger partial charge on any atom is 0.0697 e. The molecule has 1 heterocycles. The topological polar surface area (TPSA) is 38.5 Å². The van der Waals surface area contributed by atoms with E-state index in [1.807, 2.05) is 12.1 Å². The highest BCUT2D eigenvalue weighted by Crippen LogP contribution is 2.45. The van der Waals surface area contributed by atoms with Gasteiger partial charge in [0, 0.05) is 30.9 Å². The molecule has 1 aliphatic heterocycles. The van der Waals surface area contributed by atoms with E-state index in [-0.39, 0.29) is 5.60 Å². The van der Waals surface area contributed by atoms with E-state index in [1.165, 1.54) is 50.5 Å². The van der Waals surface area contributed by atoms with Crippen LogP contribution >= 0.6 is 0 Å². The second-order valence-electron chi connectivity index (χ2n) is 7.18. The van der Waals surface area contributed by atoms with Crippen LogP contribution in [-0.2, 0) is 11.3 Å². The van der Waals surface area contributed by atoms with Crippen molar-refractivity contribution in [1.82, 2.24) is 4.90 Å². The average molecular weight is 286 g/mol. The number of benzene rings is 1. The van der Waals surface area contributed by atoms with Gasteiger partial charge in [-0.2, -0.15) is 0 Å². The van der Waals surface area contributed by atoms with E-state index in [2.05, 4.69) is 17.0 Å². The van der Waals surface area contributed by atoms with Gasteiger partial charge in [-0.25, -0.2) is 0 Å². The molecule has 3 fully saturated rings. The molecule has 114 valence electrons. The first-order valence-electron chi connectivity index (χ1n) is 8.48. The number of hydrogen-bond donors (Lipinski definition) is 1. The number of nitrogens with zero attached hydrogens (tertiary/aromatic N) is 1. The quantitative estimate of drug-likeness (QED) is 0.863. The monoisotopic (exact) mass is 286 g/mol. The molecule has 3 nitrogen and oxygen atoms in total. The molecule has 21 heavy (non-hydrogen) atoms. The van der Waals surface area contributed by atoms with Gasteiger partial charge in [0.1, 0.15) is 0 Å². The lowest BCUT2D eigenvalue weighted by Crippen LogP contribution is -2.52. The summed E-state index contributed by atoms with van der Waals surface area (Å²) in [6, 6.07) is 9.94. The molecule has 0 amide bonds. The average Bonchev–Trinajstić information content (AvgIpc) is 3.30. The van der Waals surface area contributed by atoms with Crippen LogP contribution in [-0.4, -0.2) is 29.2 Å². The van der Waals surface area contributed by atoms with Crippen LogP contribution in [0.4, 0.5) is 5.69 Å². The van der Waals surface area contributed by atoms with E-state index in [0.717, 1.165) is 24.9 Å². The lowest BCUT2D eigenvalue weighted by molar-refractivity contribution is -0.150. The van der Waals surface area contributed by atoms with Crippen molar-refractivity contribution in [2.45, 2.75) is 69.2 Å². The molecule has 1 saturated heterocycles. The third-order valence-corrected chi connectivity index (χ3v) is 5.56. The third-order valence-electron chi connectivity index (χ3n) is 5.56. The molecule has 1 aromatic rings. The van der Waals surface area contributed by atoms with E-state index >= 15 is 0 Å². The Morgan fingerprint density at radius 1 is 1.10 bits per heavy atom. The standard InChI is InChI=1S/C18H26N2O/c19-15-4-2-14(3-5-15)13-20(16-6-7-16)17-8-11-21-18(12-17)9-1-10-18/h2-5,16-17H,1,6-13,19H2. The summed E-state index contributed by atoms with van der Waals surface area (Å²) in [5.74, 6) is 0. The van der Waals surface area contributed by atoms with Crippen molar-refractivity contribution in [3.63, 3.8) is 0 Å². The summed E-state index contributed by atoms with van der Waals surface area (Å²) in [5.41, 5.74) is 8.30. The Labute approximate surface area is 127 Å². The Kier molecular flexibility index (Phi) is 3.43. The van der Waals surface area contributed by atoms with Crippen molar-refractivity contribution in [3.05, 3.63) is 29.8 Å². The predicted octanol–water partition coefficient (Wildman–Crippen LogP) is 3.33. The van der Waals surface area contributed by atoms with Gasteiger partial charge >= 0.3 is 0 Å². The van der Waals surface area contributed by atoms with Crippen molar-refractivity contribution >= 4 is 5.69 Å². The second-order valence-corrected chi connectivity index (χ2v) is 7.18. The molecule has 4 rings (SSSR count). The first kappa shape index (κ1) is 13.6. The van der Waals surface area contributed by atoms with Crippen LogP contribution in [0.3, 0.4) is 0 Å². The number of nitrogen functional groups attached to an aromatic ring is 1. The summed E-state index contributed by atoms with van der Waals surface area (Å²) < 4.78 is 6.10.